The summed E-state index contributed by atoms with van der Waals surface area (Å²) < 4.78 is 16.1. The Morgan fingerprint density at radius 3 is 2.62 bits per heavy atom. The number of carbonyl (C=O) groups excluding carboxylic acids is 1. The maximum atomic E-state index is 14.4. The van der Waals surface area contributed by atoms with E-state index in [2.05, 4.69) is 15.1 Å². The highest BCUT2D eigenvalue weighted by Crippen LogP contribution is 2.39. The number of halogens is 2. The van der Waals surface area contributed by atoms with Crippen LogP contribution in [0.5, 0.6) is 0 Å². The SMILES string of the molecule is Cn1cc2c(Cl)c(-c3c[nH]c4nc(N5CCC(N)(c6ccccc6F)CC5)nc(C(N)=O)c34)ccc2n1. The molecule has 0 unspecified atom stereocenters. The Bertz CT molecular complexity index is 1690. The van der Waals surface area contributed by atoms with Gasteiger partial charge in [0.15, 0.2) is 0 Å². The smallest absolute Gasteiger partial charge is 0.268 e. The van der Waals surface area contributed by atoms with E-state index in [0.29, 0.717) is 64.6 Å². The van der Waals surface area contributed by atoms with E-state index in [9.17, 15) is 9.18 Å². The van der Waals surface area contributed by atoms with Crippen LogP contribution < -0.4 is 16.4 Å². The fourth-order valence-corrected chi connectivity index (χ4v) is 5.49. The predicted molar refractivity (Wildman–Crippen MR) is 141 cm³/mol. The molecule has 0 saturated carbocycles. The van der Waals surface area contributed by atoms with Crippen LogP contribution in [0, 0.1) is 5.82 Å². The number of anilines is 1. The molecule has 5 aromatic rings. The Morgan fingerprint density at radius 1 is 1.14 bits per heavy atom. The first-order chi connectivity index (χ1) is 17.7. The van der Waals surface area contributed by atoms with Gasteiger partial charge in [-0.25, -0.2) is 9.37 Å². The lowest BCUT2D eigenvalue weighted by Crippen LogP contribution is -2.49. The van der Waals surface area contributed by atoms with Crippen LogP contribution in [0.4, 0.5) is 10.3 Å². The molecule has 9 nitrogen and oxygen atoms in total. The number of nitrogens with zero attached hydrogens (tertiary/aromatic N) is 5. The van der Waals surface area contributed by atoms with Crippen molar-refractivity contribution in [3.8, 4) is 11.1 Å². The van der Waals surface area contributed by atoms with Crippen molar-refractivity contribution in [2.45, 2.75) is 18.4 Å². The molecule has 0 aliphatic carbocycles. The number of aromatic nitrogens is 5. The van der Waals surface area contributed by atoms with Crippen molar-refractivity contribution in [3.05, 3.63) is 70.9 Å². The van der Waals surface area contributed by atoms with Crippen LogP contribution in [0.1, 0.15) is 28.9 Å². The van der Waals surface area contributed by atoms with Crippen molar-refractivity contribution in [2.75, 3.05) is 18.0 Å². The van der Waals surface area contributed by atoms with E-state index < -0.39 is 11.4 Å². The average Bonchev–Trinajstić information content (AvgIpc) is 3.48. The van der Waals surface area contributed by atoms with E-state index >= 15 is 0 Å². The lowest BCUT2D eigenvalue weighted by Gasteiger charge is -2.39. The van der Waals surface area contributed by atoms with Crippen molar-refractivity contribution < 1.29 is 9.18 Å². The minimum Gasteiger partial charge on any atom is -0.364 e. The normalized spacial score (nSPS) is 15.5. The largest absolute Gasteiger partial charge is 0.364 e. The first-order valence-electron chi connectivity index (χ1n) is 11.9. The molecule has 0 spiro atoms. The zero-order chi connectivity index (χ0) is 25.9. The molecule has 6 rings (SSSR count). The first-order valence-corrected chi connectivity index (χ1v) is 12.2. The molecular formula is C26H24ClFN8O. The van der Waals surface area contributed by atoms with Gasteiger partial charge in [0.25, 0.3) is 5.91 Å². The summed E-state index contributed by atoms with van der Waals surface area (Å²) in [5.41, 5.74) is 14.8. The van der Waals surface area contributed by atoms with E-state index in [1.807, 2.05) is 30.3 Å². The summed E-state index contributed by atoms with van der Waals surface area (Å²) in [5, 5.41) is 6.19. The summed E-state index contributed by atoms with van der Waals surface area (Å²) in [7, 11) is 1.83. The van der Waals surface area contributed by atoms with Crippen molar-refractivity contribution in [3.63, 3.8) is 0 Å². The number of piperidine rings is 1. The zero-order valence-electron chi connectivity index (χ0n) is 20.0. The fourth-order valence-electron chi connectivity index (χ4n) is 5.18. The van der Waals surface area contributed by atoms with Crippen LogP contribution in [-0.2, 0) is 12.6 Å². The summed E-state index contributed by atoms with van der Waals surface area (Å²) in [6, 6.07) is 10.3. The van der Waals surface area contributed by atoms with E-state index in [-0.39, 0.29) is 11.5 Å². The summed E-state index contributed by atoms with van der Waals surface area (Å²) in [6.45, 7) is 0.983. The molecule has 1 saturated heterocycles. The van der Waals surface area contributed by atoms with E-state index in [4.69, 9.17) is 28.1 Å². The van der Waals surface area contributed by atoms with E-state index in [1.54, 1.807) is 29.1 Å². The molecular weight excluding hydrogens is 495 g/mol. The van der Waals surface area contributed by atoms with E-state index in [0.717, 1.165) is 10.9 Å². The third-order valence-electron chi connectivity index (χ3n) is 7.13. The Balaban J connectivity index is 1.38. The first kappa shape index (κ1) is 23.4. The van der Waals surface area contributed by atoms with Gasteiger partial charge in [-0.2, -0.15) is 10.1 Å². The van der Waals surface area contributed by atoms with E-state index in [1.165, 1.54) is 6.07 Å². The van der Waals surface area contributed by atoms with Gasteiger partial charge in [0.1, 0.15) is 17.2 Å². The number of primary amides is 1. The second-order valence-corrected chi connectivity index (χ2v) is 9.83. The fraction of sp³-hybridized carbons (Fsp3) is 0.231. The van der Waals surface area contributed by atoms with Gasteiger partial charge in [-0.05, 0) is 25.0 Å². The Kier molecular flexibility index (Phi) is 5.39. The van der Waals surface area contributed by atoms with Crippen molar-refractivity contribution >= 4 is 45.4 Å². The van der Waals surface area contributed by atoms with Crippen molar-refractivity contribution in [2.24, 2.45) is 18.5 Å². The molecule has 1 amide bonds. The number of aryl methyl sites for hydroxylation is 1. The number of carbonyl (C=O) groups is 1. The van der Waals surface area contributed by atoms with Crippen molar-refractivity contribution in [1.29, 1.82) is 0 Å². The van der Waals surface area contributed by atoms with Crippen LogP contribution >= 0.6 is 11.6 Å². The van der Waals surface area contributed by atoms with Gasteiger partial charge >= 0.3 is 0 Å². The molecule has 2 aromatic carbocycles. The number of hydrogen-bond acceptors (Lipinski definition) is 6. The molecule has 0 radical (unpaired) electrons. The average molecular weight is 519 g/mol. The van der Waals surface area contributed by atoms with Gasteiger partial charge in [0.05, 0.1) is 15.9 Å². The quantitative estimate of drug-likeness (QED) is 0.331. The van der Waals surface area contributed by atoms with Crippen LogP contribution in [-0.4, -0.2) is 43.7 Å². The Morgan fingerprint density at radius 2 is 1.89 bits per heavy atom. The van der Waals surface area contributed by atoms with Gasteiger partial charge in [-0.15, -0.1) is 0 Å². The number of H-pyrrole nitrogens is 1. The Labute approximate surface area is 216 Å². The number of fused-ring (bicyclic) bond motifs is 2. The highest BCUT2D eigenvalue weighted by Gasteiger charge is 2.35. The van der Waals surface area contributed by atoms with Gasteiger partial charge in [0, 0.05) is 60.1 Å². The zero-order valence-corrected chi connectivity index (χ0v) is 20.8. The maximum Gasteiger partial charge on any atom is 0.268 e. The van der Waals surface area contributed by atoms with Crippen LogP contribution in [0.15, 0.2) is 48.8 Å². The third kappa shape index (κ3) is 3.80. The molecule has 1 fully saturated rings. The maximum absolute atomic E-state index is 14.4. The van der Waals surface area contributed by atoms with Gasteiger partial charge < -0.3 is 21.4 Å². The highest BCUT2D eigenvalue weighted by molar-refractivity contribution is 6.38. The molecule has 4 heterocycles. The number of hydrogen-bond donors (Lipinski definition) is 3. The second kappa shape index (κ2) is 8.53. The number of nitrogens with two attached hydrogens (primary N) is 2. The van der Waals surface area contributed by atoms with Gasteiger partial charge in [-0.1, -0.05) is 35.9 Å². The predicted octanol–water partition coefficient (Wildman–Crippen LogP) is 3.86. The van der Waals surface area contributed by atoms with Crippen LogP contribution in [0.2, 0.25) is 5.02 Å². The topological polar surface area (TPSA) is 132 Å². The second-order valence-electron chi connectivity index (χ2n) is 9.45. The summed E-state index contributed by atoms with van der Waals surface area (Å²) in [6.07, 6.45) is 4.59. The summed E-state index contributed by atoms with van der Waals surface area (Å²) >= 11 is 6.75. The molecule has 1 aliphatic rings. The Hall–Kier alpha value is -4.02. The standard InChI is InChI=1S/C26H24ClFN8O/c1-35-13-16-19(34-35)7-6-14(21(16)27)15-12-31-24-20(15)22(23(29)37)32-25(33-24)36-10-8-26(30,9-11-36)17-4-2-3-5-18(17)28/h2-7,12-13H,8-11,30H2,1H3,(H2,29,37)(H,31,32,33). The van der Waals surface area contributed by atoms with Gasteiger partial charge in [0.2, 0.25) is 5.95 Å². The number of nitrogens with one attached hydrogen (secondary N) is 1. The molecule has 0 bridgehead atoms. The van der Waals surface area contributed by atoms with Crippen LogP contribution in [0.3, 0.4) is 0 Å². The molecule has 3 aromatic heterocycles. The third-order valence-corrected chi connectivity index (χ3v) is 7.54. The van der Waals surface area contributed by atoms with Crippen LogP contribution in [0.25, 0.3) is 33.1 Å². The minimum absolute atomic E-state index is 0.0947. The minimum atomic E-state index is -0.792. The number of amides is 1. The molecule has 5 N–H and O–H groups in total. The highest BCUT2D eigenvalue weighted by atomic mass is 35.5. The number of aromatic amines is 1. The summed E-state index contributed by atoms with van der Waals surface area (Å²) in [4.78, 5) is 26.9. The number of benzene rings is 2. The lowest BCUT2D eigenvalue weighted by molar-refractivity contribution is 0.0997. The lowest BCUT2D eigenvalue weighted by atomic mass is 9.81. The molecule has 1 aliphatic heterocycles. The molecule has 188 valence electrons. The molecule has 37 heavy (non-hydrogen) atoms. The molecule has 11 heteroatoms. The molecule has 0 atom stereocenters. The summed E-state index contributed by atoms with van der Waals surface area (Å²) in [5.74, 6) is -0.627. The van der Waals surface area contributed by atoms with Crippen molar-refractivity contribution in [1.82, 2.24) is 24.7 Å². The monoisotopic (exact) mass is 518 g/mol. The number of rotatable bonds is 4. The van der Waals surface area contributed by atoms with Gasteiger partial charge in [-0.3, -0.25) is 9.48 Å².